The van der Waals surface area contributed by atoms with Crippen LogP contribution in [0.4, 0.5) is 11.6 Å². The van der Waals surface area contributed by atoms with E-state index in [0.29, 0.717) is 46.1 Å². The van der Waals surface area contributed by atoms with E-state index in [4.69, 9.17) is 19.6 Å². The van der Waals surface area contributed by atoms with Gasteiger partial charge in [-0.3, -0.25) is 0 Å². The smallest absolute Gasteiger partial charge is 0.336 e. The van der Waals surface area contributed by atoms with E-state index in [-0.39, 0.29) is 24.7 Å². The molecule has 0 saturated heterocycles. The molecule has 3 aromatic carbocycles. The SMILES string of the molecule is CN(C)c1ccc2c(-c3cc(C#CCOCc4ccc(COc5nc(N)nc6nc[nH]c56)cc4)ccc3C(=O)O)c3ccc(=[N+](C)C)cc-3oc2c1. The van der Waals surface area contributed by atoms with Crippen LogP contribution in [-0.4, -0.2) is 65.8 Å². The molecule has 7 rings (SSSR count). The van der Waals surface area contributed by atoms with Crippen molar-refractivity contribution in [1.29, 1.82) is 0 Å². The molecule has 0 spiro atoms. The number of fused-ring (bicyclic) bond motifs is 3. The van der Waals surface area contributed by atoms with Crippen LogP contribution in [0.15, 0.2) is 89.6 Å². The van der Waals surface area contributed by atoms with Gasteiger partial charge in [0.1, 0.15) is 44.2 Å². The summed E-state index contributed by atoms with van der Waals surface area (Å²) in [6, 6.07) is 24.9. The molecule has 2 aliphatic rings. The molecule has 0 saturated carbocycles. The van der Waals surface area contributed by atoms with E-state index in [9.17, 15) is 9.90 Å². The molecule has 4 N–H and O–H groups in total. The van der Waals surface area contributed by atoms with Crippen LogP contribution in [0.25, 0.3) is 44.6 Å². The number of aromatic nitrogens is 4. The number of nitrogens with two attached hydrogens (primary N) is 1. The predicted molar refractivity (Wildman–Crippen MR) is 200 cm³/mol. The Kier molecular flexibility index (Phi) is 9.26. The van der Waals surface area contributed by atoms with Crippen LogP contribution >= 0.6 is 0 Å². The zero-order valence-electron chi connectivity index (χ0n) is 29.1. The number of ether oxygens (including phenoxy) is 2. The molecule has 0 radical (unpaired) electrons. The standard InChI is InChI=1S/C40H35N7O5/c1-46(2)27-12-15-30-33(19-27)52-34-20-28(47(3)4)13-16-31(34)35(30)32-18-24(11-14-29(32)39(48)49)6-5-17-50-21-25-7-9-26(10-8-25)22-51-38-36-37(43-23-42-36)44-40(41)45-38/h7-16,18-20,23H,17,21-22H2,1-4H3,(H3-,41,42,43,44,45,48,49)/p+1. The Morgan fingerprint density at radius 2 is 1.75 bits per heavy atom. The number of hydrogen-bond acceptors (Lipinski definition) is 9. The number of aromatic carboxylic acids is 1. The van der Waals surface area contributed by atoms with E-state index >= 15 is 0 Å². The van der Waals surface area contributed by atoms with E-state index in [1.165, 1.54) is 6.33 Å². The molecule has 12 heteroatoms. The Morgan fingerprint density at radius 1 is 0.962 bits per heavy atom. The number of hydrogen-bond donors (Lipinski definition) is 3. The van der Waals surface area contributed by atoms with Crippen LogP contribution in [0.3, 0.4) is 0 Å². The largest absolute Gasteiger partial charge is 0.478 e. The Labute approximate surface area is 299 Å². The van der Waals surface area contributed by atoms with Crippen molar-refractivity contribution in [3.05, 3.63) is 113 Å². The molecule has 260 valence electrons. The van der Waals surface area contributed by atoms with Gasteiger partial charge in [0.2, 0.25) is 17.2 Å². The number of H-pyrrole nitrogens is 1. The quantitative estimate of drug-likeness (QED) is 0.0775. The van der Waals surface area contributed by atoms with Crippen LogP contribution in [0.1, 0.15) is 27.0 Å². The van der Waals surface area contributed by atoms with Gasteiger partial charge in [-0.15, -0.1) is 0 Å². The first-order valence-corrected chi connectivity index (χ1v) is 16.4. The van der Waals surface area contributed by atoms with Gasteiger partial charge >= 0.3 is 5.97 Å². The molecule has 2 aromatic heterocycles. The average molecular weight is 695 g/mol. The second kappa shape index (κ2) is 14.3. The van der Waals surface area contributed by atoms with Gasteiger partial charge in [0.25, 0.3) is 0 Å². The number of nitrogens with zero attached hydrogens (tertiary/aromatic N) is 5. The topological polar surface area (TPSA) is 156 Å². The highest BCUT2D eigenvalue weighted by Gasteiger charge is 2.23. The molecule has 0 fully saturated rings. The minimum absolute atomic E-state index is 0.0929. The number of rotatable bonds is 9. The van der Waals surface area contributed by atoms with Gasteiger partial charge in [-0.2, -0.15) is 9.97 Å². The summed E-state index contributed by atoms with van der Waals surface area (Å²) in [6.07, 6.45) is 1.52. The number of benzene rings is 4. The summed E-state index contributed by atoms with van der Waals surface area (Å²) >= 11 is 0. The van der Waals surface area contributed by atoms with Crippen molar-refractivity contribution >= 4 is 39.7 Å². The molecular weight excluding hydrogens is 658 g/mol. The Bertz CT molecular complexity index is 2560. The highest BCUT2D eigenvalue weighted by Crippen LogP contribution is 2.42. The normalized spacial score (nSPS) is 11.1. The van der Waals surface area contributed by atoms with Crippen molar-refractivity contribution in [3.8, 4) is 40.2 Å². The third-order valence-corrected chi connectivity index (χ3v) is 8.59. The second-order valence-corrected chi connectivity index (χ2v) is 12.6. The zero-order valence-corrected chi connectivity index (χ0v) is 29.1. The first-order chi connectivity index (χ1) is 25.1. The number of imidazole rings is 1. The summed E-state index contributed by atoms with van der Waals surface area (Å²) in [4.78, 5) is 29.9. The van der Waals surface area contributed by atoms with E-state index in [2.05, 4.69) is 31.8 Å². The van der Waals surface area contributed by atoms with E-state index < -0.39 is 5.97 Å². The molecular formula is C40H36N7O5+. The number of carboxylic acid groups (broad SMARTS) is 1. The van der Waals surface area contributed by atoms with E-state index in [1.807, 2.05) is 104 Å². The van der Waals surface area contributed by atoms with Crippen molar-refractivity contribution in [2.45, 2.75) is 13.2 Å². The van der Waals surface area contributed by atoms with Gasteiger partial charge < -0.3 is 34.6 Å². The molecule has 12 nitrogen and oxygen atoms in total. The number of carboxylic acids is 1. The fourth-order valence-electron chi connectivity index (χ4n) is 5.90. The van der Waals surface area contributed by atoms with Gasteiger partial charge in [-0.1, -0.05) is 36.1 Å². The monoisotopic (exact) mass is 694 g/mol. The molecule has 1 aliphatic heterocycles. The van der Waals surface area contributed by atoms with Crippen molar-refractivity contribution in [2.24, 2.45) is 0 Å². The second-order valence-electron chi connectivity index (χ2n) is 12.6. The number of carbonyl (C=O) groups is 1. The molecule has 0 bridgehead atoms. The summed E-state index contributed by atoms with van der Waals surface area (Å²) in [5.41, 5.74) is 13.3. The third-order valence-electron chi connectivity index (χ3n) is 8.59. The maximum absolute atomic E-state index is 12.6. The molecule has 1 aliphatic carbocycles. The third kappa shape index (κ3) is 6.98. The summed E-state index contributed by atoms with van der Waals surface area (Å²) < 4.78 is 20.2. The maximum Gasteiger partial charge on any atom is 0.336 e. The maximum atomic E-state index is 12.6. The zero-order chi connectivity index (χ0) is 36.4. The summed E-state index contributed by atoms with van der Waals surface area (Å²) in [5.74, 6) is 6.30. The van der Waals surface area contributed by atoms with Gasteiger partial charge in [0.05, 0.1) is 24.6 Å². The number of anilines is 2. The van der Waals surface area contributed by atoms with Gasteiger partial charge in [0.15, 0.2) is 5.65 Å². The van der Waals surface area contributed by atoms with Gasteiger partial charge in [0, 0.05) is 54.0 Å². The lowest BCUT2D eigenvalue weighted by atomic mass is 9.89. The van der Waals surface area contributed by atoms with Crippen molar-refractivity contribution in [3.63, 3.8) is 0 Å². The van der Waals surface area contributed by atoms with Crippen molar-refractivity contribution < 1.29 is 23.8 Å². The number of nitrogens with one attached hydrogen (secondary N) is 1. The Balaban J connectivity index is 1.10. The van der Waals surface area contributed by atoms with Gasteiger partial charge in [-0.05, 0) is 53.1 Å². The molecule has 0 amide bonds. The highest BCUT2D eigenvalue weighted by molar-refractivity contribution is 6.08. The molecule has 3 heterocycles. The fourth-order valence-corrected chi connectivity index (χ4v) is 5.90. The van der Waals surface area contributed by atoms with E-state index in [1.54, 1.807) is 12.1 Å². The lowest BCUT2D eigenvalue weighted by Crippen LogP contribution is -2.21. The van der Waals surface area contributed by atoms with Crippen LogP contribution in [-0.2, 0) is 18.0 Å². The minimum Gasteiger partial charge on any atom is -0.478 e. The number of nitrogen functional groups attached to an aromatic ring is 1. The van der Waals surface area contributed by atoms with Crippen molar-refractivity contribution in [1.82, 2.24) is 24.5 Å². The summed E-state index contributed by atoms with van der Waals surface area (Å²) in [6.45, 7) is 0.843. The summed E-state index contributed by atoms with van der Waals surface area (Å²) in [5, 5.41) is 12.0. The first kappa shape index (κ1) is 33.8. The predicted octanol–water partition coefficient (Wildman–Crippen LogP) is 5.40. The summed E-state index contributed by atoms with van der Waals surface area (Å²) in [7, 11) is 7.86. The highest BCUT2D eigenvalue weighted by atomic mass is 16.5. The van der Waals surface area contributed by atoms with Crippen LogP contribution in [0.5, 0.6) is 5.88 Å². The van der Waals surface area contributed by atoms with Gasteiger partial charge in [-0.25, -0.2) is 14.4 Å². The Hall–Kier alpha value is -6.71. The molecule has 52 heavy (non-hydrogen) atoms. The molecule has 5 aromatic rings. The van der Waals surface area contributed by atoms with Crippen LogP contribution in [0, 0.1) is 11.8 Å². The molecule has 0 unspecified atom stereocenters. The minimum atomic E-state index is -1.03. The van der Waals surface area contributed by atoms with E-state index in [0.717, 1.165) is 38.7 Å². The van der Waals surface area contributed by atoms with Crippen molar-refractivity contribution in [2.75, 3.05) is 45.4 Å². The molecule has 0 atom stereocenters. The first-order valence-electron chi connectivity index (χ1n) is 16.4. The lowest BCUT2D eigenvalue weighted by Gasteiger charge is -2.19. The average Bonchev–Trinajstić information content (AvgIpc) is 3.61. The fraction of sp³-hybridized carbons (Fsp3) is 0.175. The lowest BCUT2D eigenvalue weighted by molar-refractivity contribution is 0.0697. The number of aromatic amines is 1. The van der Waals surface area contributed by atoms with Crippen LogP contribution < -0.4 is 25.3 Å². The van der Waals surface area contributed by atoms with Crippen LogP contribution in [0.2, 0.25) is 0 Å². The Morgan fingerprint density at radius 3 is 2.50 bits per heavy atom.